The van der Waals surface area contributed by atoms with Crippen LogP contribution in [0.5, 0.6) is 0 Å². The van der Waals surface area contributed by atoms with Gasteiger partial charge < -0.3 is 15.6 Å². The van der Waals surface area contributed by atoms with Gasteiger partial charge in [-0.3, -0.25) is 0 Å². The van der Waals surface area contributed by atoms with E-state index in [1.807, 2.05) is 5.38 Å². The highest BCUT2D eigenvalue weighted by Gasteiger charge is 2.14. The summed E-state index contributed by atoms with van der Waals surface area (Å²) in [5.74, 6) is 0.137. The fourth-order valence-electron chi connectivity index (χ4n) is 1.63. The second-order valence-electron chi connectivity index (χ2n) is 4.18. The van der Waals surface area contributed by atoms with E-state index in [-0.39, 0.29) is 18.1 Å². The summed E-state index contributed by atoms with van der Waals surface area (Å²) in [5.41, 5.74) is 1.47. The van der Waals surface area contributed by atoms with Gasteiger partial charge >= 0.3 is 0 Å². The van der Waals surface area contributed by atoms with Crippen molar-refractivity contribution in [1.29, 1.82) is 0 Å². The lowest BCUT2D eigenvalue weighted by molar-refractivity contribution is -0.435. The van der Waals surface area contributed by atoms with Gasteiger partial charge in [-0.2, -0.15) is 4.73 Å². The average molecular weight is 294 g/mol. The number of hydrogen-bond acceptors (Lipinski definition) is 6. The minimum Gasteiger partial charge on any atom is -0.623 e. The van der Waals surface area contributed by atoms with Crippen molar-refractivity contribution in [3.63, 3.8) is 0 Å². The van der Waals surface area contributed by atoms with Crippen molar-refractivity contribution >= 4 is 23.3 Å². The Morgan fingerprint density at radius 2 is 2.35 bits per heavy atom. The Balaban J connectivity index is 2.21. The molecule has 0 saturated carbocycles. The lowest BCUT2D eigenvalue weighted by atomic mass is 10.3. The minimum atomic E-state index is -0.137. The summed E-state index contributed by atoms with van der Waals surface area (Å²) >= 11 is 1.37. The Morgan fingerprint density at radius 3 is 2.85 bits per heavy atom. The summed E-state index contributed by atoms with van der Waals surface area (Å²) in [7, 11) is 0. The van der Waals surface area contributed by atoms with E-state index in [2.05, 4.69) is 10.1 Å². The third kappa shape index (κ3) is 2.80. The highest BCUT2D eigenvalue weighted by Crippen LogP contribution is 2.10. The number of hydrogen-bond donors (Lipinski definition) is 2. The van der Waals surface area contributed by atoms with E-state index in [0.717, 1.165) is 10.9 Å². The van der Waals surface area contributed by atoms with Gasteiger partial charge in [0.25, 0.3) is 0 Å². The maximum absolute atomic E-state index is 11.9. The number of aryl methyl sites for hydroxylation is 1. The fourth-order valence-corrected chi connectivity index (χ4v) is 2.33. The first-order chi connectivity index (χ1) is 9.52. The molecule has 2 rings (SSSR count). The zero-order valence-corrected chi connectivity index (χ0v) is 11.8. The van der Waals surface area contributed by atoms with Crippen LogP contribution in [0.15, 0.2) is 22.7 Å². The molecule has 0 spiro atoms. The maximum atomic E-state index is 11.9. The third-order valence-electron chi connectivity index (χ3n) is 2.83. The first-order valence-corrected chi connectivity index (χ1v) is 6.69. The van der Waals surface area contributed by atoms with Gasteiger partial charge in [-0.25, -0.2) is 9.72 Å². The van der Waals surface area contributed by atoms with E-state index in [1.54, 1.807) is 26.0 Å². The Hall–Kier alpha value is -2.35. The van der Waals surface area contributed by atoms with Crippen molar-refractivity contribution in [2.24, 2.45) is 5.16 Å². The van der Waals surface area contributed by atoms with E-state index in [1.165, 1.54) is 11.3 Å². The molecule has 2 aromatic heterocycles. The van der Waals surface area contributed by atoms with Gasteiger partial charge in [0, 0.05) is 0 Å². The topological polar surface area (TPSA) is 96.7 Å². The Kier molecular flexibility index (Phi) is 4.04. The molecule has 0 aliphatic rings. The number of nitrogens with zero attached hydrogens (tertiary/aromatic N) is 4. The van der Waals surface area contributed by atoms with Crippen LogP contribution in [0, 0.1) is 19.1 Å². The molecule has 2 N–H and O–H groups in total. The van der Waals surface area contributed by atoms with Crippen LogP contribution in [0.3, 0.4) is 0 Å². The monoisotopic (exact) mass is 294 g/mol. The first kappa shape index (κ1) is 14.1. The van der Waals surface area contributed by atoms with Crippen molar-refractivity contribution < 1.29 is 15.2 Å². The van der Waals surface area contributed by atoms with E-state index < -0.39 is 0 Å². The standard InChI is InChI=1S/C12H14N4O3S/c1-8-9(2)16(19)12(13-8)7-15(18)6-10(14-17)11-4-3-5-20-11/h3-5,7,17,19H,6H2,1-2H3. The number of hydroxylamine groups is 1. The molecule has 0 aromatic carbocycles. The van der Waals surface area contributed by atoms with Crippen LogP contribution in [0.2, 0.25) is 0 Å². The van der Waals surface area contributed by atoms with Crippen LogP contribution in [-0.2, 0) is 0 Å². The number of oxime groups is 1. The molecule has 0 bridgehead atoms. The summed E-state index contributed by atoms with van der Waals surface area (Å²) < 4.78 is 1.41. The first-order valence-electron chi connectivity index (χ1n) is 5.81. The summed E-state index contributed by atoms with van der Waals surface area (Å²) in [5, 5.41) is 35.5. The van der Waals surface area contributed by atoms with Crippen LogP contribution in [0.25, 0.3) is 0 Å². The molecule has 0 fully saturated rings. The summed E-state index contributed by atoms with van der Waals surface area (Å²) in [6.45, 7) is 3.30. The zero-order valence-electron chi connectivity index (χ0n) is 11.0. The van der Waals surface area contributed by atoms with Crippen LogP contribution in [-0.4, -0.2) is 43.3 Å². The van der Waals surface area contributed by atoms with Crippen LogP contribution in [0.1, 0.15) is 22.1 Å². The van der Waals surface area contributed by atoms with E-state index in [9.17, 15) is 10.4 Å². The Morgan fingerprint density at radius 1 is 1.60 bits per heavy atom. The Labute approximate surface area is 119 Å². The molecule has 2 heterocycles. The fraction of sp³-hybridized carbons (Fsp3) is 0.250. The molecular formula is C12H14N4O3S. The van der Waals surface area contributed by atoms with Crippen molar-refractivity contribution in [1.82, 2.24) is 9.71 Å². The molecule has 0 radical (unpaired) electrons. The van der Waals surface area contributed by atoms with E-state index >= 15 is 0 Å². The minimum absolute atomic E-state index is 0.137. The smallest absolute Gasteiger partial charge is 0.233 e. The zero-order chi connectivity index (χ0) is 14.7. The van der Waals surface area contributed by atoms with E-state index in [4.69, 9.17) is 5.21 Å². The number of aromatic nitrogens is 2. The van der Waals surface area contributed by atoms with Gasteiger partial charge in [0.15, 0.2) is 12.3 Å². The second-order valence-corrected chi connectivity index (χ2v) is 5.13. The number of rotatable bonds is 4. The number of imidazole rings is 1. The van der Waals surface area contributed by atoms with E-state index in [0.29, 0.717) is 21.0 Å². The van der Waals surface area contributed by atoms with Crippen LogP contribution < -0.4 is 0 Å². The highest BCUT2D eigenvalue weighted by atomic mass is 32.1. The van der Waals surface area contributed by atoms with Crippen LogP contribution >= 0.6 is 11.3 Å². The molecule has 20 heavy (non-hydrogen) atoms. The molecule has 0 aliphatic carbocycles. The van der Waals surface area contributed by atoms with Gasteiger partial charge in [0.1, 0.15) is 0 Å². The highest BCUT2D eigenvalue weighted by molar-refractivity contribution is 7.12. The second kappa shape index (κ2) is 5.74. The quantitative estimate of drug-likeness (QED) is 0.223. The summed E-state index contributed by atoms with van der Waals surface area (Å²) in [6, 6.07) is 3.56. The number of thiophene rings is 1. The predicted molar refractivity (Wildman–Crippen MR) is 75.2 cm³/mol. The molecule has 0 atom stereocenters. The van der Waals surface area contributed by atoms with Crippen molar-refractivity contribution in [2.75, 3.05) is 6.54 Å². The molecule has 0 unspecified atom stereocenters. The summed E-state index contributed by atoms with van der Waals surface area (Å²) in [6.07, 6.45) is 1.15. The largest absolute Gasteiger partial charge is 0.623 e. The molecular weight excluding hydrogens is 280 g/mol. The predicted octanol–water partition coefficient (Wildman–Crippen LogP) is 1.61. The molecule has 0 saturated heterocycles. The van der Waals surface area contributed by atoms with Gasteiger partial charge in [-0.15, -0.1) is 11.3 Å². The van der Waals surface area contributed by atoms with Gasteiger partial charge in [0.2, 0.25) is 12.0 Å². The molecule has 0 aliphatic heterocycles. The van der Waals surface area contributed by atoms with Crippen molar-refractivity contribution in [3.05, 3.63) is 44.8 Å². The van der Waals surface area contributed by atoms with Gasteiger partial charge in [-0.1, -0.05) is 11.2 Å². The SMILES string of the molecule is Cc1nc(C=[N+]([O-])CC(=NO)c2cccs2)n(O)c1C. The van der Waals surface area contributed by atoms with Crippen LogP contribution in [0.4, 0.5) is 0 Å². The molecule has 0 amide bonds. The summed E-state index contributed by atoms with van der Waals surface area (Å²) in [4.78, 5) is 4.77. The molecule has 106 valence electrons. The maximum Gasteiger partial charge on any atom is 0.233 e. The molecule has 2 aromatic rings. The Bertz CT molecular complexity index is 659. The van der Waals surface area contributed by atoms with Gasteiger partial charge in [0.05, 0.1) is 16.3 Å². The lowest BCUT2D eigenvalue weighted by Gasteiger charge is -2.04. The average Bonchev–Trinajstić information content (AvgIpc) is 3.02. The third-order valence-corrected chi connectivity index (χ3v) is 3.75. The van der Waals surface area contributed by atoms with Crippen molar-refractivity contribution in [2.45, 2.75) is 13.8 Å². The molecule has 8 heteroatoms. The molecule has 7 nitrogen and oxygen atoms in total. The lowest BCUT2D eigenvalue weighted by Crippen LogP contribution is -2.19. The van der Waals surface area contributed by atoms with Crippen molar-refractivity contribution in [3.8, 4) is 0 Å². The normalized spacial score (nSPS) is 12.9. The van der Waals surface area contributed by atoms with Gasteiger partial charge in [-0.05, 0) is 25.3 Å².